The predicted octanol–water partition coefficient (Wildman–Crippen LogP) is 2.73. The van der Waals surface area contributed by atoms with Crippen LogP contribution in [0.2, 0.25) is 0 Å². The normalized spacial score (nSPS) is 12.4. The van der Waals surface area contributed by atoms with Crippen molar-refractivity contribution in [3.63, 3.8) is 0 Å². The summed E-state index contributed by atoms with van der Waals surface area (Å²) in [6.45, 7) is 2.08. The zero-order valence-electron chi connectivity index (χ0n) is 13.6. The van der Waals surface area contributed by atoms with E-state index in [-0.39, 0.29) is 11.9 Å². The van der Waals surface area contributed by atoms with Crippen LogP contribution in [0.1, 0.15) is 41.1 Å². The number of aromatic nitrogens is 4. The first-order valence-corrected chi connectivity index (χ1v) is 9.15. The number of amides is 1. The molecule has 24 heavy (non-hydrogen) atoms. The van der Waals surface area contributed by atoms with Gasteiger partial charge in [0.05, 0.1) is 11.6 Å². The van der Waals surface area contributed by atoms with Crippen molar-refractivity contribution in [2.24, 2.45) is 0 Å². The quantitative estimate of drug-likeness (QED) is 0.683. The van der Waals surface area contributed by atoms with Gasteiger partial charge in [-0.1, -0.05) is 18.2 Å². The Balaban J connectivity index is 1.84. The first kappa shape index (κ1) is 16.5. The number of nitrogens with zero attached hydrogens (tertiary/aromatic N) is 3. The highest BCUT2D eigenvalue weighted by atomic mass is 32.2. The van der Waals surface area contributed by atoms with Crippen molar-refractivity contribution in [1.29, 1.82) is 0 Å². The van der Waals surface area contributed by atoms with Crippen LogP contribution in [0.25, 0.3) is 11.0 Å². The highest BCUT2D eigenvalue weighted by Gasteiger charge is 2.21. The van der Waals surface area contributed by atoms with E-state index in [0.717, 1.165) is 29.5 Å². The number of carbonyl (C=O) groups excluding carboxylic acids is 1. The minimum atomic E-state index is -0.289. The Morgan fingerprint density at radius 2 is 2.33 bits per heavy atom. The fraction of sp³-hybridized carbons (Fsp3) is 0.375. The molecule has 2 N–H and O–H groups in total. The van der Waals surface area contributed by atoms with Crippen LogP contribution >= 0.6 is 11.8 Å². The summed E-state index contributed by atoms with van der Waals surface area (Å²) in [4.78, 5) is 12.7. The summed E-state index contributed by atoms with van der Waals surface area (Å²) in [5.74, 6) is 1.17. The Bertz CT molecular complexity index is 815. The van der Waals surface area contributed by atoms with Crippen molar-refractivity contribution >= 4 is 28.6 Å². The Kier molecular flexibility index (Phi) is 5.14. The Morgan fingerprint density at radius 1 is 1.46 bits per heavy atom. The number of tetrazole rings is 1. The van der Waals surface area contributed by atoms with E-state index >= 15 is 0 Å². The van der Waals surface area contributed by atoms with Crippen molar-refractivity contribution in [2.45, 2.75) is 25.8 Å². The molecule has 0 aliphatic rings. The number of benzene rings is 1. The lowest BCUT2D eigenvalue weighted by Gasteiger charge is -2.14. The van der Waals surface area contributed by atoms with Gasteiger partial charge in [0.2, 0.25) is 0 Å². The number of hydrogen-bond acceptors (Lipinski definition) is 6. The lowest BCUT2D eigenvalue weighted by atomic mass is 10.1. The first-order valence-electron chi connectivity index (χ1n) is 7.76. The largest absolute Gasteiger partial charge is 0.463 e. The summed E-state index contributed by atoms with van der Waals surface area (Å²) in [5, 5.41) is 17.8. The highest BCUT2D eigenvalue weighted by molar-refractivity contribution is 7.98. The van der Waals surface area contributed by atoms with Crippen molar-refractivity contribution in [3.05, 3.63) is 41.4 Å². The number of rotatable bonds is 7. The molecule has 3 aromatic rings. The lowest BCUT2D eigenvalue weighted by Crippen LogP contribution is -2.29. The van der Waals surface area contributed by atoms with Crippen molar-refractivity contribution in [1.82, 2.24) is 25.9 Å². The molecule has 1 unspecified atom stereocenters. The number of fused-ring (bicyclic) bond motifs is 1. The molecule has 0 saturated carbocycles. The zero-order valence-corrected chi connectivity index (χ0v) is 14.4. The predicted molar refractivity (Wildman–Crippen MR) is 93.0 cm³/mol. The van der Waals surface area contributed by atoms with Crippen molar-refractivity contribution in [2.75, 3.05) is 12.0 Å². The molecule has 0 aliphatic carbocycles. The summed E-state index contributed by atoms with van der Waals surface area (Å²) in [6.07, 6.45) is 5.15. The van der Waals surface area contributed by atoms with E-state index in [1.54, 1.807) is 11.8 Å². The molecule has 1 aromatic carbocycles. The average Bonchev–Trinajstić information content (AvgIpc) is 3.27. The summed E-state index contributed by atoms with van der Waals surface area (Å²) in [5.41, 5.74) is 2.39. The second-order valence-electron chi connectivity index (χ2n) is 5.41. The van der Waals surface area contributed by atoms with Crippen LogP contribution in [-0.4, -0.2) is 38.5 Å². The molecule has 0 saturated heterocycles. The Labute approximate surface area is 143 Å². The molecule has 3 rings (SSSR count). The minimum Gasteiger partial charge on any atom is -0.463 e. The number of hydrogen-bond donors (Lipinski definition) is 2. The molecule has 0 spiro atoms. The van der Waals surface area contributed by atoms with Gasteiger partial charge in [0, 0.05) is 5.39 Å². The van der Waals surface area contributed by atoms with Gasteiger partial charge in [0.15, 0.2) is 5.82 Å². The molecule has 0 bridgehead atoms. The van der Waals surface area contributed by atoms with Gasteiger partial charge in [-0.3, -0.25) is 4.79 Å². The second kappa shape index (κ2) is 7.48. The fourth-order valence-electron chi connectivity index (χ4n) is 2.53. The van der Waals surface area contributed by atoms with Crippen LogP contribution < -0.4 is 5.32 Å². The molecule has 1 atom stereocenters. The van der Waals surface area contributed by atoms with Crippen LogP contribution in [0.3, 0.4) is 0 Å². The molecule has 0 aliphatic heterocycles. The maximum absolute atomic E-state index is 12.7. The van der Waals surface area contributed by atoms with E-state index < -0.39 is 0 Å². The number of nitrogens with one attached hydrogen (secondary N) is 2. The highest BCUT2D eigenvalue weighted by Crippen LogP contribution is 2.24. The maximum Gasteiger partial charge on any atom is 0.255 e. The van der Waals surface area contributed by atoms with Crippen molar-refractivity contribution < 1.29 is 9.21 Å². The summed E-state index contributed by atoms with van der Waals surface area (Å²) in [6, 6.07) is 5.62. The number of thioether (sulfide) groups is 1. The Morgan fingerprint density at radius 3 is 3.04 bits per heavy atom. The third-order valence-electron chi connectivity index (χ3n) is 3.88. The number of aromatic amines is 1. The first-order chi connectivity index (χ1) is 11.7. The smallest absolute Gasteiger partial charge is 0.255 e. The van der Waals surface area contributed by atoms with E-state index in [2.05, 4.69) is 32.9 Å². The third-order valence-corrected chi connectivity index (χ3v) is 4.52. The SMILES string of the molecule is CCc1ccc2occ(C(=O)NC(CCSC)c3nn[nH]n3)c2c1. The molecule has 1 amide bonds. The monoisotopic (exact) mass is 345 g/mol. The van der Waals surface area contributed by atoms with E-state index in [1.165, 1.54) is 6.26 Å². The molecule has 0 fully saturated rings. The Hall–Kier alpha value is -2.35. The van der Waals surface area contributed by atoms with Gasteiger partial charge >= 0.3 is 0 Å². The van der Waals surface area contributed by atoms with Crippen LogP contribution in [0.5, 0.6) is 0 Å². The molecule has 2 aromatic heterocycles. The molecule has 2 heterocycles. The maximum atomic E-state index is 12.7. The van der Waals surface area contributed by atoms with Gasteiger partial charge in [-0.15, -0.1) is 10.2 Å². The van der Waals surface area contributed by atoms with Crippen molar-refractivity contribution in [3.8, 4) is 0 Å². The summed E-state index contributed by atoms with van der Waals surface area (Å²) in [7, 11) is 0. The van der Waals surface area contributed by atoms with Gasteiger partial charge in [0.25, 0.3) is 5.91 Å². The molecule has 126 valence electrons. The van der Waals surface area contributed by atoms with Gasteiger partial charge in [-0.05, 0) is 42.5 Å². The van der Waals surface area contributed by atoms with Gasteiger partial charge in [0.1, 0.15) is 11.8 Å². The average molecular weight is 345 g/mol. The standard InChI is InChI=1S/C16H19N5O2S/c1-3-10-4-5-14-11(8-10)12(9-23-14)16(22)17-13(6-7-24-2)15-18-20-21-19-15/h4-5,8-9,13H,3,6-7H2,1-2H3,(H,17,22)(H,18,19,20,21). The van der Waals surface area contributed by atoms with E-state index in [1.807, 2.05) is 24.5 Å². The summed E-state index contributed by atoms with van der Waals surface area (Å²) >= 11 is 1.70. The summed E-state index contributed by atoms with van der Waals surface area (Å²) < 4.78 is 5.51. The molecule has 8 heteroatoms. The van der Waals surface area contributed by atoms with Gasteiger partial charge in [-0.25, -0.2) is 0 Å². The lowest BCUT2D eigenvalue weighted by molar-refractivity contribution is 0.0935. The third kappa shape index (κ3) is 3.43. The molecular formula is C16H19N5O2S. The van der Waals surface area contributed by atoms with Gasteiger partial charge < -0.3 is 9.73 Å². The van der Waals surface area contributed by atoms with E-state index in [0.29, 0.717) is 17.0 Å². The fourth-order valence-corrected chi connectivity index (χ4v) is 3.00. The molecule has 7 nitrogen and oxygen atoms in total. The number of carbonyl (C=O) groups is 1. The van der Waals surface area contributed by atoms with E-state index in [4.69, 9.17) is 4.42 Å². The molecule has 0 radical (unpaired) electrons. The van der Waals surface area contributed by atoms with Crippen LogP contribution in [0.15, 0.2) is 28.9 Å². The molecular weight excluding hydrogens is 326 g/mol. The van der Waals surface area contributed by atoms with Crippen LogP contribution in [0.4, 0.5) is 0 Å². The number of H-pyrrole nitrogens is 1. The number of aryl methyl sites for hydroxylation is 1. The van der Waals surface area contributed by atoms with E-state index in [9.17, 15) is 4.79 Å². The minimum absolute atomic E-state index is 0.196. The number of furan rings is 1. The van der Waals surface area contributed by atoms with Crippen LogP contribution in [-0.2, 0) is 6.42 Å². The topological polar surface area (TPSA) is 96.7 Å². The zero-order chi connectivity index (χ0) is 16.9. The van der Waals surface area contributed by atoms with Crippen LogP contribution in [0, 0.1) is 0 Å². The van der Waals surface area contributed by atoms with Gasteiger partial charge in [-0.2, -0.15) is 17.0 Å². The second-order valence-corrected chi connectivity index (χ2v) is 6.40.